The van der Waals surface area contributed by atoms with E-state index in [0.29, 0.717) is 12.0 Å². The minimum Gasteiger partial charge on any atom is -0.451 e. The van der Waals surface area contributed by atoms with E-state index in [2.05, 4.69) is 16.9 Å². The lowest BCUT2D eigenvalue weighted by Gasteiger charge is -2.09. The Morgan fingerprint density at radius 1 is 1.27 bits per heavy atom. The van der Waals surface area contributed by atoms with Crippen molar-refractivity contribution < 1.29 is 14.0 Å². The van der Waals surface area contributed by atoms with Gasteiger partial charge in [0.05, 0.1) is 0 Å². The van der Waals surface area contributed by atoms with Gasteiger partial charge in [-0.15, -0.1) is 0 Å². The van der Waals surface area contributed by atoms with Crippen LogP contribution in [-0.4, -0.2) is 11.8 Å². The summed E-state index contributed by atoms with van der Waals surface area (Å²) in [6, 6.07) is 7.45. The van der Waals surface area contributed by atoms with Gasteiger partial charge in [-0.1, -0.05) is 30.4 Å². The van der Waals surface area contributed by atoms with Crippen molar-refractivity contribution in [3.63, 3.8) is 0 Å². The molecule has 22 heavy (non-hydrogen) atoms. The number of hydrogen-bond donors (Lipinski definition) is 2. The van der Waals surface area contributed by atoms with Crippen LogP contribution in [0, 0.1) is 12.8 Å². The molecule has 1 heterocycles. The van der Waals surface area contributed by atoms with Crippen LogP contribution in [0.5, 0.6) is 0 Å². The highest BCUT2D eigenvalue weighted by molar-refractivity contribution is 5.99. The number of fused-ring (bicyclic) bond motifs is 1. The molecular formula is C17H18N2O3. The first-order chi connectivity index (χ1) is 10.6. The highest BCUT2D eigenvalue weighted by Crippen LogP contribution is 2.24. The summed E-state index contributed by atoms with van der Waals surface area (Å²) in [4.78, 5) is 23.9. The number of nitrogens with one attached hydrogen (secondary N) is 2. The normalized spacial score (nSPS) is 16.9. The Morgan fingerprint density at radius 3 is 2.82 bits per heavy atom. The predicted molar refractivity (Wildman–Crippen MR) is 83.0 cm³/mol. The van der Waals surface area contributed by atoms with Gasteiger partial charge in [0.2, 0.25) is 5.91 Å². The van der Waals surface area contributed by atoms with Crippen molar-refractivity contribution in [2.24, 2.45) is 5.92 Å². The molecule has 0 aliphatic heterocycles. The molecule has 1 atom stereocenters. The first-order valence-electron chi connectivity index (χ1n) is 7.39. The first-order valence-corrected chi connectivity index (χ1v) is 7.39. The van der Waals surface area contributed by atoms with Gasteiger partial charge in [-0.2, -0.15) is 0 Å². The van der Waals surface area contributed by atoms with E-state index in [9.17, 15) is 9.59 Å². The van der Waals surface area contributed by atoms with E-state index >= 15 is 0 Å². The van der Waals surface area contributed by atoms with E-state index in [1.165, 1.54) is 0 Å². The molecule has 2 amide bonds. The zero-order chi connectivity index (χ0) is 15.5. The Labute approximate surface area is 128 Å². The van der Waals surface area contributed by atoms with Crippen molar-refractivity contribution in [2.75, 3.05) is 0 Å². The Balaban J connectivity index is 1.62. The van der Waals surface area contributed by atoms with Crippen molar-refractivity contribution in [3.8, 4) is 0 Å². The summed E-state index contributed by atoms with van der Waals surface area (Å²) in [5.74, 6) is -0.144. The number of allylic oxidation sites excluding steroid dienone is 2. The molecule has 0 unspecified atom stereocenters. The molecule has 2 aromatic rings. The van der Waals surface area contributed by atoms with Crippen molar-refractivity contribution in [3.05, 3.63) is 47.7 Å². The smallest absolute Gasteiger partial charge is 0.305 e. The standard InChI is InChI=1S/C17H18N2O3/c1-11-13-8-4-5-9-14(13)22-16(11)17(21)19-18-15(20)10-12-6-2-3-7-12/h2,4-6,8-9,12H,3,7,10H2,1H3,(H,18,20)(H,19,21)/t12-/m1/s1. The lowest BCUT2D eigenvalue weighted by atomic mass is 10.1. The maximum Gasteiger partial charge on any atom is 0.305 e. The number of rotatable bonds is 3. The molecule has 0 saturated carbocycles. The Kier molecular flexibility index (Phi) is 3.96. The Bertz CT molecular complexity index is 745. The van der Waals surface area contributed by atoms with E-state index in [4.69, 9.17) is 4.42 Å². The van der Waals surface area contributed by atoms with Crippen molar-refractivity contribution in [1.29, 1.82) is 0 Å². The fourth-order valence-corrected chi connectivity index (χ4v) is 2.73. The van der Waals surface area contributed by atoms with Crippen LogP contribution in [0.4, 0.5) is 0 Å². The Morgan fingerprint density at radius 2 is 2.09 bits per heavy atom. The van der Waals surface area contributed by atoms with Gasteiger partial charge in [0.15, 0.2) is 5.76 Å². The zero-order valence-corrected chi connectivity index (χ0v) is 12.4. The van der Waals surface area contributed by atoms with Crippen LogP contribution >= 0.6 is 0 Å². The molecule has 0 saturated heterocycles. The molecule has 0 spiro atoms. The van der Waals surface area contributed by atoms with E-state index in [1.807, 2.05) is 37.3 Å². The van der Waals surface area contributed by atoms with Gasteiger partial charge in [-0.25, -0.2) is 0 Å². The second-order valence-corrected chi connectivity index (χ2v) is 5.52. The number of hydrogen-bond acceptors (Lipinski definition) is 3. The van der Waals surface area contributed by atoms with Gasteiger partial charge in [0.25, 0.3) is 0 Å². The second-order valence-electron chi connectivity index (χ2n) is 5.52. The monoisotopic (exact) mass is 298 g/mol. The van der Waals surface area contributed by atoms with Crippen molar-refractivity contribution in [2.45, 2.75) is 26.2 Å². The summed E-state index contributed by atoms with van der Waals surface area (Å²) in [5.41, 5.74) is 6.29. The molecule has 0 fully saturated rings. The fourth-order valence-electron chi connectivity index (χ4n) is 2.73. The molecule has 5 heteroatoms. The van der Waals surface area contributed by atoms with Crippen LogP contribution in [0.2, 0.25) is 0 Å². The van der Waals surface area contributed by atoms with E-state index < -0.39 is 5.91 Å². The van der Waals surface area contributed by atoms with Gasteiger partial charge >= 0.3 is 5.91 Å². The maximum absolute atomic E-state index is 12.1. The van der Waals surface area contributed by atoms with Crippen LogP contribution in [0.15, 0.2) is 40.8 Å². The molecule has 3 rings (SSSR count). The molecule has 2 N–H and O–H groups in total. The fraction of sp³-hybridized carbons (Fsp3) is 0.294. The van der Waals surface area contributed by atoms with Gasteiger partial charge in [0.1, 0.15) is 5.58 Å². The van der Waals surface area contributed by atoms with Crippen molar-refractivity contribution >= 4 is 22.8 Å². The number of furan rings is 1. The molecule has 1 aromatic carbocycles. The lowest BCUT2D eigenvalue weighted by molar-refractivity contribution is -0.122. The zero-order valence-electron chi connectivity index (χ0n) is 12.4. The van der Waals surface area contributed by atoms with Crippen molar-refractivity contribution in [1.82, 2.24) is 10.9 Å². The quantitative estimate of drug-likeness (QED) is 0.676. The average Bonchev–Trinajstić information content (AvgIpc) is 3.13. The number of carbonyl (C=O) groups is 2. The summed E-state index contributed by atoms with van der Waals surface area (Å²) < 4.78 is 5.55. The highest BCUT2D eigenvalue weighted by Gasteiger charge is 2.19. The third kappa shape index (κ3) is 2.88. The van der Waals surface area contributed by atoms with Gasteiger partial charge in [0, 0.05) is 17.4 Å². The number of benzene rings is 1. The second kappa shape index (κ2) is 6.05. The van der Waals surface area contributed by atoms with Gasteiger partial charge in [-0.05, 0) is 31.7 Å². The largest absolute Gasteiger partial charge is 0.451 e. The molecule has 1 aliphatic carbocycles. The van der Waals surface area contributed by atoms with Gasteiger partial charge < -0.3 is 4.42 Å². The maximum atomic E-state index is 12.1. The third-order valence-electron chi connectivity index (χ3n) is 3.93. The summed E-state index contributed by atoms with van der Waals surface area (Å²) in [5, 5.41) is 0.898. The summed E-state index contributed by atoms with van der Waals surface area (Å²) >= 11 is 0. The number of amides is 2. The molecule has 1 aliphatic rings. The molecule has 1 aromatic heterocycles. The highest BCUT2D eigenvalue weighted by atomic mass is 16.3. The topological polar surface area (TPSA) is 71.3 Å². The minimum absolute atomic E-state index is 0.196. The van der Waals surface area contributed by atoms with Crippen LogP contribution in [0.25, 0.3) is 11.0 Å². The van der Waals surface area contributed by atoms with Crippen LogP contribution in [-0.2, 0) is 4.79 Å². The number of carbonyl (C=O) groups excluding carboxylic acids is 2. The summed E-state index contributed by atoms with van der Waals surface area (Å²) in [6.45, 7) is 1.83. The molecule has 0 radical (unpaired) electrons. The summed E-state index contributed by atoms with van der Waals surface area (Å²) in [6.07, 6.45) is 6.52. The average molecular weight is 298 g/mol. The predicted octanol–water partition coefficient (Wildman–Crippen LogP) is 2.86. The van der Waals surface area contributed by atoms with E-state index in [0.717, 1.165) is 23.8 Å². The number of aryl methyl sites for hydroxylation is 1. The van der Waals surface area contributed by atoms with Crippen LogP contribution < -0.4 is 10.9 Å². The summed E-state index contributed by atoms with van der Waals surface area (Å²) in [7, 11) is 0. The van der Waals surface area contributed by atoms with Crippen LogP contribution in [0.3, 0.4) is 0 Å². The van der Waals surface area contributed by atoms with Crippen LogP contribution in [0.1, 0.15) is 35.4 Å². The first kappa shape index (κ1) is 14.4. The molecular weight excluding hydrogens is 280 g/mol. The molecule has 114 valence electrons. The SMILES string of the molecule is Cc1c(C(=O)NNC(=O)C[C@@H]2C=CCC2)oc2ccccc12. The molecule has 5 nitrogen and oxygen atoms in total. The molecule has 0 bridgehead atoms. The minimum atomic E-state index is -0.441. The Hall–Kier alpha value is -2.56. The van der Waals surface area contributed by atoms with Gasteiger partial charge in [-0.3, -0.25) is 20.4 Å². The van der Waals surface area contributed by atoms with E-state index in [-0.39, 0.29) is 17.6 Å². The number of para-hydroxylation sites is 1. The lowest BCUT2D eigenvalue weighted by Crippen LogP contribution is -2.42. The number of hydrazine groups is 1. The third-order valence-corrected chi connectivity index (χ3v) is 3.93. The van der Waals surface area contributed by atoms with E-state index in [1.54, 1.807) is 0 Å².